The first-order valence-electron chi connectivity index (χ1n) is 3.46. The lowest BCUT2D eigenvalue weighted by atomic mass is 10.2. The molecule has 4 heteroatoms. The molecule has 0 aromatic carbocycles. The second-order valence-electron chi connectivity index (χ2n) is 2.85. The van der Waals surface area contributed by atoms with Crippen molar-refractivity contribution < 1.29 is 14.6 Å². The molecule has 58 valence electrons. The average molecular weight is 145 g/mol. The van der Waals surface area contributed by atoms with Crippen LogP contribution in [-0.2, 0) is 9.47 Å². The van der Waals surface area contributed by atoms with Gasteiger partial charge in [-0.1, -0.05) is 0 Å². The van der Waals surface area contributed by atoms with E-state index in [2.05, 4.69) is 0 Å². The summed E-state index contributed by atoms with van der Waals surface area (Å²) in [4.78, 5) is 0. The van der Waals surface area contributed by atoms with Gasteiger partial charge in [0, 0.05) is 6.04 Å². The van der Waals surface area contributed by atoms with Gasteiger partial charge in [0.2, 0.25) is 0 Å². The van der Waals surface area contributed by atoms with Crippen molar-refractivity contribution in [1.29, 1.82) is 0 Å². The van der Waals surface area contributed by atoms with Crippen molar-refractivity contribution in [3.8, 4) is 0 Å². The van der Waals surface area contributed by atoms with E-state index >= 15 is 0 Å². The van der Waals surface area contributed by atoms with Crippen LogP contribution in [0.3, 0.4) is 0 Å². The van der Waals surface area contributed by atoms with Gasteiger partial charge in [-0.15, -0.1) is 0 Å². The molecule has 0 aromatic heterocycles. The fourth-order valence-corrected chi connectivity index (χ4v) is 1.63. The molecule has 4 atom stereocenters. The predicted molar refractivity (Wildman–Crippen MR) is 33.2 cm³/mol. The number of nitrogens with two attached hydrogens (primary N) is 1. The molecule has 1 aliphatic carbocycles. The molecule has 1 aliphatic heterocycles. The van der Waals surface area contributed by atoms with E-state index in [1.54, 1.807) is 0 Å². The highest BCUT2D eigenvalue weighted by Crippen LogP contribution is 2.28. The Bertz CT molecular complexity index is 127. The average Bonchev–Trinajstić information content (AvgIpc) is 2.39. The smallest absolute Gasteiger partial charge is 0.147 e. The summed E-state index contributed by atoms with van der Waals surface area (Å²) in [5, 5.41) is 9.28. The SMILES string of the molecule is N[C@@H]1C[C@H](O)[C@H]2OCO[C@H]21. The van der Waals surface area contributed by atoms with E-state index in [9.17, 15) is 5.11 Å². The zero-order chi connectivity index (χ0) is 7.14. The molecule has 0 spiro atoms. The molecule has 0 unspecified atom stereocenters. The normalized spacial score (nSPS) is 53.4. The Hall–Kier alpha value is -0.160. The third kappa shape index (κ3) is 0.769. The Labute approximate surface area is 58.9 Å². The first-order valence-corrected chi connectivity index (χ1v) is 3.46. The number of hydrogen-bond donors (Lipinski definition) is 2. The van der Waals surface area contributed by atoms with E-state index in [1.165, 1.54) is 0 Å². The van der Waals surface area contributed by atoms with E-state index in [1.807, 2.05) is 0 Å². The standard InChI is InChI=1S/C6H11NO3/c7-3-1-4(8)6-5(3)9-2-10-6/h3-6,8H,1-2,7H2/t3-,4+,5+,6-/m1/s1. The number of rotatable bonds is 0. The number of ether oxygens (including phenoxy) is 2. The van der Waals surface area contributed by atoms with Gasteiger partial charge in [-0.3, -0.25) is 0 Å². The summed E-state index contributed by atoms with van der Waals surface area (Å²) < 4.78 is 10.3. The van der Waals surface area contributed by atoms with E-state index in [-0.39, 0.29) is 25.0 Å². The molecule has 2 fully saturated rings. The number of hydrogen-bond acceptors (Lipinski definition) is 4. The van der Waals surface area contributed by atoms with Crippen LogP contribution in [0, 0.1) is 0 Å². The third-order valence-electron chi connectivity index (χ3n) is 2.16. The summed E-state index contributed by atoms with van der Waals surface area (Å²) in [6.45, 7) is 0.278. The van der Waals surface area contributed by atoms with Gasteiger partial charge in [-0.25, -0.2) is 0 Å². The molecule has 0 radical (unpaired) electrons. The molecule has 3 N–H and O–H groups in total. The van der Waals surface area contributed by atoms with Crippen LogP contribution >= 0.6 is 0 Å². The zero-order valence-electron chi connectivity index (χ0n) is 5.56. The van der Waals surface area contributed by atoms with Crippen LogP contribution in [0.1, 0.15) is 6.42 Å². The van der Waals surface area contributed by atoms with Gasteiger partial charge in [0.15, 0.2) is 0 Å². The van der Waals surface area contributed by atoms with E-state index in [0.29, 0.717) is 6.42 Å². The van der Waals surface area contributed by atoms with Crippen molar-refractivity contribution in [2.24, 2.45) is 5.73 Å². The Kier molecular flexibility index (Phi) is 1.42. The maximum Gasteiger partial charge on any atom is 0.147 e. The van der Waals surface area contributed by atoms with Crippen LogP contribution < -0.4 is 5.73 Å². The Morgan fingerprint density at radius 2 is 2.00 bits per heavy atom. The van der Waals surface area contributed by atoms with Crippen LogP contribution in [0.5, 0.6) is 0 Å². The first kappa shape index (κ1) is 6.54. The predicted octanol–water partition coefficient (Wildman–Crippen LogP) is -1.18. The quantitative estimate of drug-likeness (QED) is 0.450. The monoisotopic (exact) mass is 145 g/mol. The van der Waals surface area contributed by atoms with Gasteiger partial charge in [-0.2, -0.15) is 0 Å². The van der Waals surface area contributed by atoms with Crippen molar-refractivity contribution in [3.63, 3.8) is 0 Å². The fourth-order valence-electron chi connectivity index (χ4n) is 1.63. The van der Waals surface area contributed by atoms with Crippen molar-refractivity contribution in [2.45, 2.75) is 30.8 Å². The van der Waals surface area contributed by atoms with Crippen molar-refractivity contribution in [1.82, 2.24) is 0 Å². The molecule has 1 saturated heterocycles. The van der Waals surface area contributed by atoms with Crippen LogP contribution in [0.4, 0.5) is 0 Å². The maximum absolute atomic E-state index is 9.28. The molecule has 4 nitrogen and oxygen atoms in total. The second kappa shape index (κ2) is 2.17. The summed E-state index contributed by atoms with van der Waals surface area (Å²) in [6, 6.07) is -0.0532. The van der Waals surface area contributed by atoms with E-state index in [0.717, 1.165) is 0 Å². The molecular weight excluding hydrogens is 134 g/mol. The van der Waals surface area contributed by atoms with Crippen molar-refractivity contribution in [2.75, 3.05) is 6.79 Å². The Morgan fingerprint density at radius 3 is 2.70 bits per heavy atom. The van der Waals surface area contributed by atoms with Crippen molar-refractivity contribution >= 4 is 0 Å². The molecule has 2 rings (SSSR count). The lowest BCUT2D eigenvalue weighted by molar-refractivity contribution is -0.0118. The highest BCUT2D eigenvalue weighted by molar-refractivity contribution is 4.97. The molecule has 0 bridgehead atoms. The number of aliphatic hydroxyl groups excluding tert-OH is 1. The fraction of sp³-hybridized carbons (Fsp3) is 1.00. The minimum atomic E-state index is -0.428. The third-order valence-corrected chi connectivity index (χ3v) is 2.16. The Morgan fingerprint density at radius 1 is 1.30 bits per heavy atom. The van der Waals surface area contributed by atoms with Gasteiger partial charge in [0.05, 0.1) is 6.10 Å². The minimum absolute atomic E-state index is 0.0532. The maximum atomic E-state index is 9.28. The highest BCUT2D eigenvalue weighted by atomic mass is 16.7. The second-order valence-corrected chi connectivity index (χ2v) is 2.85. The number of aliphatic hydroxyl groups is 1. The van der Waals surface area contributed by atoms with Crippen LogP contribution in [0.15, 0.2) is 0 Å². The zero-order valence-corrected chi connectivity index (χ0v) is 5.56. The van der Waals surface area contributed by atoms with Gasteiger partial charge < -0.3 is 20.3 Å². The summed E-state index contributed by atoms with van der Waals surface area (Å²) >= 11 is 0. The van der Waals surface area contributed by atoms with Crippen LogP contribution in [0.2, 0.25) is 0 Å². The molecule has 2 aliphatic rings. The summed E-state index contributed by atoms with van der Waals surface area (Å²) in [5.41, 5.74) is 5.65. The van der Waals surface area contributed by atoms with Crippen molar-refractivity contribution in [3.05, 3.63) is 0 Å². The number of fused-ring (bicyclic) bond motifs is 1. The minimum Gasteiger partial charge on any atom is -0.390 e. The lowest BCUT2D eigenvalue weighted by Crippen LogP contribution is -2.34. The van der Waals surface area contributed by atoms with Crippen LogP contribution in [-0.4, -0.2) is 36.3 Å². The van der Waals surface area contributed by atoms with Gasteiger partial charge in [0.1, 0.15) is 19.0 Å². The van der Waals surface area contributed by atoms with Gasteiger partial charge in [0.25, 0.3) is 0 Å². The molecule has 0 amide bonds. The Balaban J connectivity index is 2.11. The lowest BCUT2D eigenvalue weighted by Gasteiger charge is -2.10. The highest BCUT2D eigenvalue weighted by Gasteiger charge is 2.45. The molecule has 1 heterocycles. The van der Waals surface area contributed by atoms with Gasteiger partial charge in [-0.05, 0) is 6.42 Å². The molecule has 10 heavy (non-hydrogen) atoms. The first-order chi connectivity index (χ1) is 4.79. The molecule has 1 saturated carbocycles. The van der Waals surface area contributed by atoms with E-state index < -0.39 is 6.10 Å². The summed E-state index contributed by atoms with van der Waals surface area (Å²) in [6.07, 6.45) is -0.0810. The molecule has 0 aromatic rings. The largest absolute Gasteiger partial charge is 0.390 e. The summed E-state index contributed by atoms with van der Waals surface area (Å²) in [7, 11) is 0. The summed E-state index contributed by atoms with van der Waals surface area (Å²) in [5.74, 6) is 0. The topological polar surface area (TPSA) is 64.7 Å². The van der Waals surface area contributed by atoms with Crippen LogP contribution in [0.25, 0.3) is 0 Å². The molecular formula is C6H11NO3. The van der Waals surface area contributed by atoms with E-state index in [4.69, 9.17) is 15.2 Å². The van der Waals surface area contributed by atoms with Gasteiger partial charge >= 0.3 is 0 Å².